The Labute approximate surface area is 185 Å². The number of methoxy groups -OCH3 is 1. The zero-order valence-corrected chi connectivity index (χ0v) is 19.8. The van der Waals surface area contributed by atoms with Crippen molar-refractivity contribution in [3.05, 3.63) is 44.9 Å². The molecule has 0 spiro atoms. The molecular formula is C23H26ClNO4S. The van der Waals surface area contributed by atoms with Gasteiger partial charge in [0.1, 0.15) is 5.75 Å². The second-order valence-electron chi connectivity index (χ2n) is 8.26. The number of benzene rings is 1. The maximum Gasteiger partial charge on any atom is 0.337 e. The van der Waals surface area contributed by atoms with Crippen LogP contribution >= 0.6 is 22.9 Å². The average Bonchev–Trinajstić information content (AvgIpc) is 3.00. The summed E-state index contributed by atoms with van der Waals surface area (Å²) in [6, 6.07) is 5.73. The third-order valence-electron chi connectivity index (χ3n) is 4.79. The first-order valence-corrected chi connectivity index (χ1v) is 10.8. The van der Waals surface area contributed by atoms with Crippen LogP contribution < -0.4 is 4.74 Å². The van der Waals surface area contributed by atoms with E-state index in [0.29, 0.717) is 22.0 Å². The van der Waals surface area contributed by atoms with Crippen LogP contribution in [0.1, 0.15) is 48.6 Å². The summed E-state index contributed by atoms with van der Waals surface area (Å²) in [5, 5.41) is 10.6. The van der Waals surface area contributed by atoms with Crippen molar-refractivity contribution in [2.24, 2.45) is 0 Å². The summed E-state index contributed by atoms with van der Waals surface area (Å²) in [4.78, 5) is 18.1. The Hall–Kier alpha value is -2.15. The molecule has 0 radical (unpaired) electrons. The van der Waals surface area contributed by atoms with Crippen molar-refractivity contribution in [3.63, 3.8) is 0 Å². The molecule has 0 amide bonds. The molecule has 160 valence electrons. The molecule has 30 heavy (non-hydrogen) atoms. The quantitative estimate of drug-likeness (QED) is 0.484. The number of carboxylic acid groups (broad SMARTS) is 1. The van der Waals surface area contributed by atoms with E-state index in [1.54, 1.807) is 18.4 Å². The number of pyridine rings is 1. The van der Waals surface area contributed by atoms with E-state index in [1.165, 1.54) is 0 Å². The van der Waals surface area contributed by atoms with E-state index in [1.807, 2.05) is 59.7 Å². The number of aromatic nitrogens is 1. The van der Waals surface area contributed by atoms with Gasteiger partial charge in [-0.05, 0) is 59.7 Å². The van der Waals surface area contributed by atoms with Crippen molar-refractivity contribution >= 4 is 39.1 Å². The fraction of sp³-hybridized carbons (Fsp3) is 0.391. The number of aliphatic carboxylic acids is 1. The van der Waals surface area contributed by atoms with Crippen LogP contribution in [-0.2, 0) is 9.53 Å². The van der Waals surface area contributed by atoms with Gasteiger partial charge in [-0.3, -0.25) is 4.98 Å². The second kappa shape index (κ2) is 8.17. The number of carbonyl (C=O) groups is 1. The summed E-state index contributed by atoms with van der Waals surface area (Å²) >= 11 is 8.34. The summed E-state index contributed by atoms with van der Waals surface area (Å²) in [6.07, 6.45) is -1.18. The molecule has 0 aliphatic rings. The van der Waals surface area contributed by atoms with E-state index < -0.39 is 17.7 Å². The van der Waals surface area contributed by atoms with Crippen molar-refractivity contribution in [2.45, 2.75) is 53.2 Å². The molecule has 0 aliphatic heterocycles. The minimum atomic E-state index is -1.18. The number of ether oxygens (including phenoxy) is 2. The van der Waals surface area contributed by atoms with Gasteiger partial charge in [0.15, 0.2) is 6.10 Å². The fourth-order valence-corrected chi connectivity index (χ4v) is 4.84. The molecule has 2 heterocycles. The summed E-state index contributed by atoms with van der Waals surface area (Å²) in [7, 11) is 1.60. The maximum absolute atomic E-state index is 12.3. The number of nitrogens with zero attached hydrogens (tertiary/aromatic N) is 1. The van der Waals surface area contributed by atoms with Crippen LogP contribution in [0.2, 0.25) is 5.02 Å². The Bertz CT molecular complexity index is 1130. The summed E-state index contributed by atoms with van der Waals surface area (Å²) in [5.41, 5.74) is 3.58. The van der Waals surface area contributed by atoms with Gasteiger partial charge in [0, 0.05) is 32.8 Å². The first-order valence-electron chi connectivity index (χ1n) is 9.59. The maximum atomic E-state index is 12.3. The van der Waals surface area contributed by atoms with Gasteiger partial charge in [0.05, 0.1) is 28.0 Å². The molecule has 5 nitrogen and oxygen atoms in total. The van der Waals surface area contributed by atoms with E-state index >= 15 is 0 Å². The molecule has 0 bridgehead atoms. The standard InChI is InChI=1S/C23H26ClNO4S/c1-11-10-15-21(30-11)18(14-8-9-16(28-7)12(2)19(14)24)17(13(3)25-15)20(22(26)27)29-23(4,5)6/h8-10,20H,1-7H3,(H,26,27)/t20-/m0/s1. The Morgan fingerprint density at radius 1 is 1.23 bits per heavy atom. The summed E-state index contributed by atoms with van der Waals surface area (Å²) in [6.45, 7) is 11.2. The van der Waals surface area contributed by atoms with Crippen LogP contribution in [0, 0.1) is 20.8 Å². The zero-order valence-electron chi connectivity index (χ0n) is 18.2. The van der Waals surface area contributed by atoms with Crippen molar-refractivity contribution in [3.8, 4) is 16.9 Å². The van der Waals surface area contributed by atoms with Gasteiger partial charge in [-0.1, -0.05) is 11.6 Å². The molecule has 1 atom stereocenters. The summed E-state index contributed by atoms with van der Waals surface area (Å²) in [5.74, 6) is -0.388. The van der Waals surface area contributed by atoms with Crippen LogP contribution in [0.25, 0.3) is 21.3 Å². The van der Waals surface area contributed by atoms with Gasteiger partial charge in [-0.15, -0.1) is 11.3 Å². The van der Waals surface area contributed by atoms with Gasteiger partial charge < -0.3 is 14.6 Å². The molecule has 0 fully saturated rings. The molecule has 1 N–H and O–H groups in total. The largest absolute Gasteiger partial charge is 0.496 e. The number of fused-ring (bicyclic) bond motifs is 1. The Morgan fingerprint density at radius 2 is 1.90 bits per heavy atom. The van der Waals surface area contributed by atoms with Crippen LogP contribution in [0.5, 0.6) is 5.75 Å². The van der Waals surface area contributed by atoms with Crippen molar-refractivity contribution in [1.29, 1.82) is 0 Å². The fourth-order valence-electron chi connectivity index (χ4n) is 3.56. The second-order valence-corrected chi connectivity index (χ2v) is 9.89. The number of carboxylic acids is 1. The SMILES string of the molecule is COc1ccc(-c2c([C@H](OC(C)(C)C)C(=O)O)c(C)nc3cc(C)sc23)c(Cl)c1C. The van der Waals surface area contributed by atoms with Gasteiger partial charge in [-0.25, -0.2) is 4.79 Å². The van der Waals surface area contributed by atoms with E-state index in [-0.39, 0.29) is 0 Å². The molecule has 0 unspecified atom stereocenters. The lowest BCUT2D eigenvalue weighted by Crippen LogP contribution is -2.28. The molecule has 0 saturated heterocycles. The van der Waals surface area contributed by atoms with E-state index in [0.717, 1.165) is 31.8 Å². The first kappa shape index (κ1) is 22.5. The number of thiophene rings is 1. The molecule has 2 aromatic heterocycles. The molecule has 3 rings (SSSR count). The lowest BCUT2D eigenvalue weighted by Gasteiger charge is -2.28. The molecular weight excluding hydrogens is 422 g/mol. The molecule has 1 aromatic carbocycles. The lowest BCUT2D eigenvalue weighted by molar-refractivity contribution is -0.160. The predicted octanol–water partition coefficient (Wildman–Crippen LogP) is 6.49. The summed E-state index contributed by atoms with van der Waals surface area (Å²) < 4.78 is 12.3. The van der Waals surface area contributed by atoms with E-state index in [2.05, 4.69) is 0 Å². The number of rotatable bonds is 5. The number of halogens is 1. The van der Waals surface area contributed by atoms with Crippen molar-refractivity contribution < 1.29 is 19.4 Å². The van der Waals surface area contributed by atoms with Gasteiger partial charge in [-0.2, -0.15) is 0 Å². The number of aryl methyl sites for hydroxylation is 2. The number of hydrogen-bond acceptors (Lipinski definition) is 5. The van der Waals surface area contributed by atoms with Gasteiger partial charge in [0.2, 0.25) is 0 Å². The van der Waals surface area contributed by atoms with Crippen molar-refractivity contribution in [2.75, 3.05) is 7.11 Å². The molecule has 0 saturated carbocycles. The minimum Gasteiger partial charge on any atom is -0.496 e. The highest BCUT2D eigenvalue weighted by Crippen LogP contribution is 2.46. The van der Waals surface area contributed by atoms with Crippen LogP contribution in [0.15, 0.2) is 18.2 Å². The normalized spacial score (nSPS) is 12.9. The number of hydrogen-bond donors (Lipinski definition) is 1. The van der Waals surface area contributed by atoms with E-state index in [4.69, 9.17) is 26.1 Å². The highest BCUT2D eigenvalue weighted by molar-refractivity contribution is 7.19. The Kier molecular flexibility index (Phi) is 6.14. The zero-order chi connectivity index (χ0) is 22.4. The van der Waals surface area contributed by atoms with Crippen LogP contribution in [-0.4, -0.2) is 28.8 Å². The first-order chi connectivity index (χ1) is 13.9. The predicted molar refractivity (Wildman–Crippen MR) is 122 cm³/mol. The molecule has 0 aliphatic carbocycles. The third kappa shape index (κ3) is 4.17. The topological polar surface area (TPSA) is 68.7 Å². The third-order valence-corrected chi connectivity index (χ3v) is 6.34. The highest BCUT2D eigenvalue weighted by atomic mass is 35.5. The Balaban J connectivity index is 2.43. The van der Waals surface area contributed by atoms with Crippen molar-refractivity contribution in [1.82, 2.24) is 4.98 Å². The lowest BCUT2D eigenvalue weighted by atomic mass is 9.93. The smallest absolute Gasteiger partial charge is 0.337 e. The van der Waals surface area contributed by atoms with E-state index in [9.17, 15) is 9.90 Å². The minimum absolute atomic E-state index is 0.522. The van der Waals surface area contributed by atoms with Crippen LogP contribution in [0.4, 0.5) is 0 Å². The van der Waals surface area contributed by atoms with Gasteiger partial charge >= 0.3 is 5.97 Å². The molecule has 3 aromatic rings. The molecule has 7 heteroatoms. The average molecular weight is 448 g/mol. The Morgan fingerprint density at radius 3 is 2.47 bits per heavy atom. The highest BCUT2D eigenvalue weighted by Gasteiger charge is 2.33. The monoisotopic (exact) mass is 447 g/mol. The van der Waals surface area contributed by atoms with Crippen LogP contribution in [0.3, 0.4) is 0 Å². The van der Waals surface area contributed by atoms with Gasteiger partial charge in [0.25, 0.3) is 0 Å².